The van der Waals surface area contributed by atoms with E-state index in [1.807, 2.05) is 0 Å². The smallest absolute Gasteiger partial charge is 0.191 e. The van der Waals surface area contributed by atoms with Crippen LogP contribution in [0.1, 0.15) is 31.4 Å². The van der Waals surface area contributed by atoms with Crippen LogP contribution in [-0.4, -0.2) is 76.6 Å². The Balaban J connectivity index is 1.88. The molecule has 2 rings (SSSR count). The molecule has 0 aromatic heterocycles. The summed E-state index contributed by atoms with van der Waals surface area (Å²) in [5, 5.41) is 6.88. The van der Waals surface area contributed by atoms with Gasteiger partial charge in [0.15, 0.2) is 5.96 Å². The molecule has 1 aromatic carbocycles. The summed E-state index contributed by atoms with van der Waals surface area (Å²) < 4.78 is 16.6. The number of ether oxygens (including phenoxy) is 3. The summed E-state index contributed by atoms with van der Waals surface area (Å²) in [6, 6.07) is 6.30. The maximum atomic E-state index is 5.98. The summed E-state index contributed by atoms with van der Waals surface area (Å²) in [6.07, 6.45) is 0.872. The maximum Gasteiger partial charge on any atom is 0.191 e. The first-order valence-electron chi connectivity index (χ1n) is 10.4. The van der Waals surface area contributed by atoms with Crippen molar-refractivity contribution in [3.63, 3.8) is 0 Å². The molecule has 2 N–H and O–H groups in total. The zero-order valence-corrected chi connectivity index (χ0v) is 18.7. The van der Waals surface area contributed by atoms with Crippen molar-refractivity contribution in [2.24, 2.45) is 4.99 Å². The van der Waals surface area contributed by atoms with Gasteiger partial charge in [-0.1, -0.05) is 12.1 Å². The van der Waals surface area contributed by atoms with Crippen LogP contribution >= 0.6 is 0 Å². The molecule has 0 saturated carbocycles. The second kappa shape index (κ2) is 12.0. The van der Waals surface area contributed by atoms with Crippen molar-refractivity contribution in [2.45, 2.75) is 39.3 Å². The van der Waals surface area contributed by atoms with Gasteiger partial charge in [-0.05, 0) is 32.4 Å². The third-order valence-electron chi connectivity index (χ3n) is 5.20. The van der Waals surface area contributed by atoms with Crippen molar-refractivity contribution < 1.29 is 14.2 Å². The zero-order chi connectivity index (χ0) is 21.1. The number of methoxy groups -OCH3 is 1. The second-order valence-electron chi connectivity index (χ2n) is 8.00. The Morgan fingerprint density at radius 3 is 2.66 bits per heavy atom. The Hall–Kier alpha value is -1.83. The van der Waals surface area contributed by atoms with E-state index in [4.69, 9.17) is 14.2 Å². The first-order chi connectivity index (χ1) is 14.0. The van der Waals surface area contributed by atoms with E-state index in [9.17, 15) is 0 Å². The fourth-order valence-electron chi connectivity index (χ4n) is 3.31. The first kappa shape index (κ1) is 23.4. The Morgan fingerprint density at radius 1 is 1.21 bits per heavy atom. The SMILES string of the molecule is CN=C(NCc1ccc(C)cc1OCCCOC)NCC(C)(C)N1CCOCC1. The molecule has 1 aliphatic rings. The molecule has 1 aliphatic heterocycles. The first-order valence-corrected chi connectivity index (χ1v) is 10.4. The number of nitrogens with one attached hydrogen (secondary N) is 2. The molecule has 0 unspecified atom stereocenters. The van der Waals surface area contributed by atoms with Gasteiger partial charge in [-0.3, -0.25) is 9.89 Å². The molecule has 164 valence electrons. The van der Waals surface area contributed by atoms with E-state index in [1.54, 1.807) is 14.2 Å². The summed E-state index contributed by atoms with van der Waals surface area (Å²) >= 11 is 0. The molecule has 1 saturated heterocycles. The molecule has 1 heterocycles. The lowest BCUT2D eigenvalue weighted by molar-refractivity contribution is -0.00834. The molecule has 7 heteroatoms. The monoisotopic (exact) mass is 406 g/mol. The van der Waals surface area contributed by atoms with E-state index >= 15 is 0 Å². The molecule has 7 nitrogen and oxygen atoms in total. The number of aryl methyl sites for hydroxylation is 1. The number of rotatable bonds is 10. The molecular weight excluding hydrogens is 368 g/mol. The lowest BCUT2D eigenvalue weighted by Gasteiger charge is -2.41. The maximum absolute atomic E-state index is 5.98. The van der Waals surface area contributed by atoms with Gasteiger partial charge >= 0.3 is 0 Å². The van der Waals surface area contributed by atoms with Gasteiger partial charge in [0, 0.05) is 64.5 Å². The number of hydrogen-bond donors (Lipinski definition) is 2. The summed E-state index contributed by atoms with van der Waals surface area (Å²) in [7, 11) is 3.51. The van der Waals surface area contributed by atoms with Gasteiger partial charge < -0.3 is 24.8 Å². The van der Waals surface area contributed by atoms with E-state index in [0.717, 1.165) is 56.5 Å². The van der Waals surface area contributed by atoms with Crippen LogP contribution in [-0.2, 0) is 16.0 Å². The summed E-state index contributed by atoms with van der Waals surface area (Å²) in [6.45, 7) is 12.9. The van der Waals surface area contributed by atoms with Gasteiger partial charge in [0.25, 0.3) is 0 Å². The summed E-state index contributed by atoms with van der Waals surface area (Å²) in [5.41, 5.74) is 2.33. The Morgan fingerprint density at radius 2 is 1.97 bits per heavy atom. The third-order valence-corrected chi connectivity index (χ3v) is 5.20. The molecule has 0 amide bonds. The normalized spacial score (nSPS) is 16.0. The predicted octanol–water partition coefficient (Wildman–Crippen LogP) is 2.19. The van der Waals surface area contributed by atoms with E-state index in [1.165, 1.54) is 5.56 Å². The minimum atomic E-state index is 0.0286. The van der Waals surface area contributed by atoms with Gasteiger partial charge in [0.05, 0.1) is 19.8 Å². The molecule has 0 aliphatic carbocycles. The van der Waals surface area contributed by atoms with E-state index in [-0.39, 0.29) is 5.54 Å². The van der Waals surface area contributed by atoms with E-state index in [0.29, 0.717) is 19.8 Å². The van der Waals surface area contributed by atoms with Gasteiger partial charge in [-0.2, -0.15) is 0 Å². The van der Waals surface area contributed by atoms with Crippen molar-refractivity contribution in [2.75, 3.05) is 60.2 Å². The number of hydrogen-bond acceptors (Lipinski definition) is 5. The van der Waals surface area contributed by atoms with Crippen LogP contribution in [0.3, 0.4) is 0 Å². The fourth-order valence-corrected chi connectivity index (χ4v) is 3.31. The van der Waals surface area contributed by atoms with Crippen LogP contribution < -0.4 is 15.4 Å². The highest BCUT2D eigenvalue weighted by atomic mass is 16.5. The fraction of sp³-hybridized carbons (Fsp3) is 0.682. The third kappa shape index (κ3) is 7.84. The number of guanidine groups is 1. The van der Waals surface area contributed by atoms with Crippen LogP contribution in [0, 0.1) is 6.92 Å². The second-order valence-corrected chi connectivity index (χ2v) is 8.00. The van der Waals surface area contributed by atoms with Crippen LogP contribution in [0.2, 0.25) is 0 Å². The number of morpholine rings is 1. The molecule has 0 bridgehead atoms. The van der Waals surface area contributed by atoms with Gasteiger partial charge in [0.1, 0.15) is 5.75 Å². The molecule has 0 radical (unpaired) electrons. The van der Waals surface area contributed by atoms with E-state index < -0.39 is 0 Å². The van der Waals surface area contributed by atoms with Crippen LogP contribution in [0.15, 0.2) is 23.2 Å². The van der Waals surface area contributed by atoms with Crippen LogP contribution in [0.25, 0.3) is 0 Å². The van der Waals surface area contributed by atoms with Crippen molar-refractivity contribution in [1.29, 1.82) is 0 Å². The van der Waals surface area contributed by atoms with Gasteiger partial charge in [-0.15, -0.1) is 0 Å². The lowest BCUT2D eigenvalue weighted by atomic mass is 10.0. The molecule has 29 heavy (non-hydrogen) atoms. The number of nitrogens with zero attached hydrogens (tertiary/aromatic N) is 2. The van der Waals surface area contributed by atoms with Gasteiger partial charge in [0.2, 0.25) is 0 Å². The highest BCUT2D eigenvalue weighted by Crippen LogP contribution is 2.20. The molecular formula is C22H38N4O3. The van der Waals surface area contributed by atoms with Crippen molar-refractivity contribution in [1.82, 2.24) is 15.5 Å². The quantitative estimate of drug-likeness (QED) is 0.353. The Labute approximate surface area is 175 Å². The largest absolute Gasteiger partial charge is 0.493 e. The van der Waals surface area contributed by atoms with Crippen LogP contribution in [0.5, 0.6) is 5.75 Å². The average molecular weight is 407 g/mol. The summed E-state index contributed by atoms with van der Waals surface area (Å²) in [5.74, 6) is 1.70. The lowest BCUT2D eigenvalue weighted by Crippen LogP contribution is -2.56. The van der Waals surface area contributed by atoms with Crippen molar-refractivity contribution in [3.8, 4) is 5.75 Å². The van der Waals surface area contributed by atoms with Crippen LogP contribution in [0.4, 0.5) is 0 Å². The number of aliphatic imine (C=N–C) groups is 1. The zero-order valence-electron chi connectivity index (χ0n) is 18.7. The predicted molar refractivity (Wildman–Crippen MR) is 118 cm³/mol. The van der Waals surface area contributed by atoms with Gasteiger partial charge in [-0.25, -0.2) is 0 Å². The molecule has 0 atom stereocenters. The minimum Gasteiger partial charge on any atom is -0.493 e. The highest BCUT2D eigenvalue weighted by molar-refractivity contribution is 5.79. The Bertz CT molecular complexity index is 643. The molecule has 1 aromatic rings. The molecule has 0 spiro atoms. The minimum absolute atomic E-state index is 0.0286. The standard InChI is InChI=1S/C22H38N4O3/c1-18-7-8-19(20(15-18)29-12-6-11-27-5)16-24-21(23-4)25-17-22(2,3)26-9-13-28-14-10-26/h7-8,15H,6,9-14,16-17H2,1-5H3,(H2,23,24,25). The number of benzene rings is 1. The van der Waals surface area contributed by atoms with Crippen molar-refractivity contribution in [3.05, 3.63) is 29.3 Å². The molecule has 1 fully saturated rings. The Kier molecular flexibility index (Phi) is 9.70. The van der Waals surface area contributed by atoms with Crippen molar-refractivity contribution >= 4 is 5.96 Å². The highest BCUT2D eigenvalue weighted by Gasteiger charge is 2.28. The van der Waals surface area contributed by atoms with E-state index in [2.05, 4.69) is 59.5 Å². The average Bonchev–Trinajstić information content (AvgIpc) is 2.73. The summed E-state index contributed by atoms with van der Waals surface area (Å²) in [4.78, 5) is 6.84. The topological polar surface area (TPSA) is 67.4 Å².